The number of amides is 1. The average molecular weight is 415 g/mol. The van der Waals surface area contributed by atoms with Crippen molar-refractivity contribution in [2.24, 2.45) is 0 Å². The molecule has 0 bridgehead atoms. The van der Waals surface area contributed by atoms with Crippen LogP contribution in [0, 0.1) is 13.8 Å². The number of rotatable bonds is 7. The van der Waals surface area contributed by atoms with E-state index in [1.807, 2.05) is 48.9 Å². The van der Waals surface area contributed by atoms with Gasteiger partial charge in [-0.25, -0.2) is 4.68 Å². The van der Waals surface area contributed by atoms with E-state index in [-0.39, 0.29) is 12.5 Å². The van der Waals surface area contributed by atoms with Gasteiger partial charge in [-0.1, -0.05) is 29.8 Å². The SMILES string of the molecule is COc1cc(NCC(=O)Nc2c(C)nn(-c3ccccc3)c2C)c(OC)cc1Cl. The first kappa shape index (κ1) is 20.5. The number of hydrogen-bond donors (Lipinski definition) is 2. The van der Waals surface area contributed by atoms with Gasteiger partial charge in [0.15, 0.2) is 0 Å². The van der Waals surface area contributed by atoms with Crippen LogP contribution in [0.15, 0.2) is 42.5 Å². The lowest BCUT2D eigenvalue weighted by molar-refractivity contribution is -0.114. The minimum atomic E-state index is -0.209. The number of methoxy groups -OCH3 is 2. The lowest BCUT2D eigenvalue weighted by Gasteiger charge is -2.14. The van der Waals surface area contributed by atoms with E-state index in [2.05, 4.69) is 15.7 Å². The molecule has 0 radical (unpaired) electrons. The topological polar surface area (TPSA) is 77.4 Å². The van der Waals surface area contributed by atoms with Gasteiger partial charge in [-0.2, -0.15) is 5.10 Å². The zero-order valence-electron chi connectivity index (χ0n) is 16.7. The van der Waals surface area contributed by atoms with Crippen molar-refractivity contribution in [2.75, 3.05) is 31.4 Å². The summed E-state index contributed by atoms with van der Waals surface area (Å²) in [7, 11) is 3.06. The third-order valence-corrected chi connectivity index (χ3v) is 4.77. The second-order valence-corrected chi connectivity index (χ2v) is 6.79. The molecule has 7 nitrogen and oxygen atoms in total. The summed E-state index contributed by atoms with van der Waals surface area (Å²) in [5.74, 6) is 0.804. The predicted octanol–water partition coefficient (Wildman–Crippen LogP) is 4.21. The van der Waals surface area contributed by atoms with Gasteiger partial charge in [0, 0.05) is 12.1 Å². The van der Waals surface area contributed by atoms with Crippen molar-refractivity contribution < 1.29 is 14.3 Å². The number of anilines is 2. The molecule has 152 valence electrons. The molecular weight excluding hydrogens is 392 g/mol. The van der Waals surface area contributed by atoms with Crippen molar-refractivity contribution in [2.45, 2.75) is 13.8 Å². The zero-order valence-corrected chi connectivity index (χ0v) is 17.5. The van der Waals surface area contributed by atoms with Crippen LogP contribution in [0.1, 0.15) is 11.4 Å². The molecule has 1 amide bonds. The maximum atomic E-state index is 12.5. The molecule has 1 heterocycles. The number of para-hydroxylation sites is 1. The van der Waals surface area contributed by atoms with Crippen LogP contribution in [-0.2, 0) is 4.79 Å². The highest BCUT2D eigenvalue weighted by Crippen LogP contribution is 2.35. The Balaban J connectivity index is 1.73. The summed E-state index contributed by atoms with van der Waals surface area (Å²) in [4.78, 5) is 12.5. The lowest BCUT2D eigenvalue weighted by atomic mass is 10.2. The second-order valence-electron chi connectivity index (χ2n) is 6.38. The van der Waals surface area contributed by atoms with Crippen molar-refractivity contribution in [1.82, 2.24) is 9.78 Å². The number of ether oxygens (including phenoxy) is 2. The highest BCUT2D eigenvalue weighted by atomic mass is 35.5. The van der Waals surface area contributed by atoms with Gasteiger partial charge < -0.3 is 20.1 Å². The van der Waals surface area contributed by atoms with Crippen LogP contribution < -0.4 is 20.1 Å². The third-order valence-electron chi connectivity index (χ3n) is 4.47. The lowest BCUT2D eigenvalue weighted by Crippen LogP contribution is -2.22. The molecule has 2 N–H and O–H groups in total. The standard InChI is InChI=1S/C21H23ClN4O3/c1-13-21(14(2)26(25-13)15-8-6-5-7-9-15)24-20(27)12-23-17-11-18(28-3)16(22)10-19(17)29-4/h5-11,23H,12H2,1-4H3,(H,24,27). The van der Waals surface area contributed by atoms with Crippen LogP contribution in [-0.4, -0.2) is 36.5 Å². The molecule has 0 saturated heterocycles. The summed E-state index contributed by atoms with van der Waals surface area (Å²) in [6.45, 7) is 3.82. The summed E-state index contributed by atoms with van der Waals surface area (Å²) in [5, 5.41) is 11.0. The highest BCUT2D eigenvalue weighted by molar-refractivity contribution is 6.32. The molecule has 29 heavy (non-hydrogen) atoms. The van der Waals surface area contributed by atoms with Crippen LogP contribution in [0.3, 0.4) is 0 Å². The van der Waals surface area contributed by atoms with Gasteiger partial charge in [-0.15, -0.1) is 0 Å². The molecule has 0 fully saturated rings. The number of carbonyl (C=O) groups is 1. The van der Waals surface area contributed by atoms with Crippen LogP contribution in [0.2, 0.25) is 5.02 Å². The number of aryl methyl sites for hydroxylation is 1. The number of nitrogens with zero attached hydrogens (tertiary/aromatic N) is 2. The fraction of sp³-hybridized carbons (Fsp3) is 0.238. The summed E-state index contributed by atoms with van der Waals surface area (Å²) in [5.41, 5.74) is 3.83. The first-order valence-electron chi connectivity index (χ1n) is 9.01. The Bertz CT molecular complexity index is 1020. The molecule has 8 heteroatoms. The molecule has 2 aromatic carbocycles. The van der Waals surface area contributed by atoms with Gasteiger partial charge in [-0.3, -0.25) is 4.79 Å². The Morgan fingerprint density at radius 3 is 2.45 bits per heavy atom. The largest absolute Gasteiger partial charge is 0.495 e. The third kappa shape index (κ3) is 4.46. The second kappa shape index (κ2) is 8.87. The molecule has 1 aromatic heterocycles. The smallest absolute Gasteiger partial charge is 0.243 e. The molecule has 0 saturated carbocycles. The van der Waals surface area contributed by atoms with Gasteiger partial charge in [0.2, 0.25) is 5.91 Å². The van der Waals surface area contributed by atoms with Crippen molar-refractivity contribution in [3.63, 3.8) is 0 Å². The van der Waals surface area contributed by atoms with Crippen LogP contribution in [0.25, 0.3) is 5.69 Å². The van der Waals surface area contributed by atoms with E-state index in [1.54, 1.807) is 12.1 Å². The van der Waals surface area contributed by atoms with E-state index < -0.39 is 0 Å². The first-order valence-corrected chi connectivity index (χ1v) is 9.39. The van der Waals surface area contributed by atoms with E-state index in [4.69, 9.17) is 21.1 Å². The Kier molecular flexibility index (Phi) is 6.29. The monoisotopic (exact) mass is 414 g/mol. The summed E-state index contributed by atoms with van der Waals surface area (Å²) in [6, 6.07) is 13.1. The quantitative estimate of drug-likeness (QED) is 0.605. The van der Waals surface area contributed by atoms with Gasteiger partial charge in [-0.05, 0) is 26.0 Å². The first-order chi connectivity index (χ1) is 13.9. The summed E-state index contributed by atoms with van der Waals surface area (Å²) >= 11 is 6.12. The van der Waals surface area contributed by atoms with E-state index in [0.29, 0.717) is 27.9 Å². The van der Waals surface area contributed by atoms with E-state index >= 15 is 0 Å². The Labute approximate surface area is 174 Å². The molecule has 0 aliphatic rings. The van der Waals surface area contributed by atoms with Crippen LogP contribution >= 0.6 is 11.6 Å². The molecule has 0 atom stereocenters. The van der Waals surface area contributed by atoms with Crippen molar-refractivity contribution in [3.8, 4) is 17.2 Å². The maximum absolute atomic E-state index is 12.5. The molecule has 0 unspecified atom stereocenters. The van der Waals surface area contributed by atoms with Gasteiger partial charge in [0.25, 0.3) is 0 Å². The van der Waals surface area contributed by atoms with Gasteiger partial charge in [0.05, 0.1) is 54.2 Å². The normalized spacial score (nSPS) is 10.5. The maximum Gasteiger partial charge on any atom is 0.243 e. The Hall–Kier alpha value is -3.19. The number of benzene rings is 2. The van der Waals surface area contributed by atoms with Crippen molar-refractivity contribution in [1.29, 1.82) is 0 Å². The average Bonchev–Trinajstić information content (AvgIpc) is 3.01. The Morgan fingerprint density at radius 2 is 1.79 bits per heavy atom. The predicted molar refractivity (Wildman–Crippen MR) is 115 cm³/mol. The van der Waals surface area contributed by atoms with Gasteiger partial charge >= 0.3 is 0 Å². The van der Waals surface area contributed by atoms with Crippen LogP contribution in [0.4, 0.5) is 11.4 Å². The minimum Gasteiger partial charge on any atom is -0.495 e. The molecular formula is C21H23ClN4O3. The summed E-state index contributed by atoms with van der Waals surface area (Å²) < 4.78 is 12.4. The fourth-order valence-corrected chi connectivity index (χ4v) is 3.23. The number of nitrogens with one attached hydrogen (secondary N) is 2. The van der Waals surface area contributed by atoms with Gasteiger partial charge in [0.1, 0.15) is 11.5 Å². The van der Waals surface area contributed by atoms with E-state index in [1.165, 1.54) is 14.2 Å². The molecule has 0 aliphatic carbocycles. The molecule has 3 rings (SSSR count). The molecule has 0 spiro atoms. The number of halogens is 1. The molecule has 3 aromatic rings. The van der Waals surface area contributed by atoms with Crippen LogP contribution in [0.5, 0.6) is 11.5 Å². The number of aromatic nitrogens is 2. The minimum absolute atomic E-state index is 0.0382. The highest BCUT2D eigenvalue weighted by Gasteiger charge is 2.16. The fourth-order valence-electron chi connectivity index (χ4n) is 3.00. The van der Waals surface area contributed by atoms with Crippen molar-refractivity contribution >= 4 is 28.9 Å². The van der Waals surface area contributed by atoms with E-state index in [9.17, 15) is 4.79 Å². The number of carbonyl (C=O) groups excluding carboxylic acids is 1. The molecule has 0 aliphatic heterocycles. The number of hydrogen-bond acceptors (Lipinski definition) is 5. The Morgan fingerprint density at radius 1 is 1.10 bits per heavy atom. The van der Waals surface area contributed by atoms with Crippen molar-refractivity contribution in [3.05, 3.63) is 58.9 Å². The zero-order chi connectivity index (χ0) is 21.0. The summed E-state index contributed by atoms with van der Waals surface area (Å²) in [6.07, 6.45) is 0. The van der Waals surface area contributed by atoms with E-state index in [0.717, 1.165) is 17.1 Å².